The number of nitro groups is 1. The molecule has 0 aliphatic rings. The van der Waals surface area contributed by atoms with Crippen LogP contribution in [-0.2, 0) is 0 Å². The van der Waals surface area contributed by atoms with E-state index in [1.807, 2.05) is 6.92 Å². The van der Waals surface area contributed by atoms with Crippen molar-refractivity contribution in [3.8, 4) is 5.75 Å². The zero-order chi connectivity index (χ0) is 15.3. The molecule has 0 aliphatic heterocycles. The minimum absolute atomic E-state index is 0.0228. The molecule has 0 radical (unpaired) electrons. The second-order valence-corrected chi connectivity index (χ2v) is 5.50. The number of methoxy groups -OCH3 is 1. The third-order valence-electron chi connectivity index (χ3n) is 3.28. The highest BCUT2D eigenvalue weighted by Crippen LogP contribution is 2.32. The van der Waals surface area contributed by atoms with E-state index in [1.165, 1.54) is 13.2 Å². The van der Waals surface area contributed by atoms with Crippen LogP contribution in [0, 0.1) is 15.5 Å². The Morgan fingerprint density at radius 2 is 2.10 bits per heavy atom. The van der Waals surface area contributed by atoms with E-state index < -0.39 is 4.92 Å². The SMILES string of the molecule is CCN(CC(C)(C)CN)c1ccc([N+](=O)[O-])c(OC)c1. The van der Waals surface area contributed by atoms with Gasteiger partial charge in [0.05, 0.1) is 12.0 Å². The van der Waals surface area contributed by atoms with Crippen LogP contribution in [-0.4, -0.2) is 31.7 Å². The van der Waals surface area contributed by atoms with Gasteiger partial charge in [-0.2, -0.15) is 0 Å². The maximum Gasteiger partial charge on any atom is 0.311 e. The second kappa shape index (κ2) is 6.56. The molecule has 0 fully saturated rings. The number of hydrogen-bond acceptors (Lipinski definition) is 5. The van der Waals surface area contributed by atoms with E-state index in [9.17, 15) is 10.1 Å². The lowest BCUT2D eigenvalue weighted by molar-refractivity contribution is -0.385. The molecular formula is C14H23N3O3. The van der Waals surface area contributed by atoms with Gasteiger partial charge in [-0.25, -0.2) is 0 Å². The normalized spacial score (nSPS) is 11.2. The summed E-state index contributed by atoms with van der Waals surface area (Å²) in [7, 11) is 1.44. The van der Waals surface area contributed by atoms with E-state index in [-0.39, 0.29) is 16.9 Å². The monoisotopic (exact) mass is 281 g/mol. The maximum absolute atomic E-state index is 10.9. The minimum atomic E-state index is -0.442. The summed E-state index contributed by atoms with van der Waals surface area (Å²) in [5.41, 5.74) is 6.62. The summed E-state index contributed by atoms with van der Waals surface area (Å²) < 4.78 is 5.11. The average molecular weight is 281 g/mol. The summed E-state index contributed by atoms with van der Waals surface area (Å²) in [5, 5.41) is 10.9. The van der Waals surface area contributed by atoms with E-state index in [1.54, 1.807) is 12.1 Å². The molecule has 0 atom stereocenters. The molecule has 112 valence electrons. The van der Waals surface area contributed by atoms with Crippen LogP contribution in [0.2, 0.25) is 0 Å². The molecule has 0 aromatic heterocycles. The van der Waals surface area contributed by atoms with Crippen LogP contribution in [0.3, 0.4) is 0 Å². The zero-order valence-electron chi connectivity index (χ0n) is 12.5. The topological polar surface area (TPSA) is 81.6 Å². The molecule has 0 saturated heterocycles. The number of nitrogens with zero attached hydrogens (tertiary/aromatic N) is 2. The molecule has 0 spiro atoms. The Hall–Kier alpha value is -1.82. The van der Waals surface area contributed by atoms with Crippen molar-refractivity contribution in [1.29, 1.82) is 0 Å². The highest BCUT2D eigenvalue weighted by molar-refractivity contribution is 5.59. The van der Waals surface area contributed by atoms with Gasteiger partial charge >= 0.3 is 5.69 Å². The van der Waals surface area contributed by atoms with Gasteiger partial charge in [0.1, 0.15) is 0 Å². The van der Waals surface area contributed by atoms with Crippen molar-refractivity contribution >= 4 is 11.4 Å². The summed E-state index contributed by atoms with van der Waals surface area (Å²) in [6.45, 7) is 8.38. The Kier molecular flexibility index (Phi) is 5.33. The number of nitro benzene ring substituents is 1. The highest BCUT2D eigenvalue weighted by Gasteiger charge is 2.22. The van der Waals surface area contributed by atoms with Crippen molar-refractivity contribution in [1.82, 2.24) is 0 Å². The Morgan fingerprint density at radius 1 is 1.45 bits per heavy atom. The third-order valence-corrected chi connectivity index (χ3v) is 3.28. The summed E-state index contributed by atoms with van der Waals surface area (Å²) in [6.07, 6.45) is 0. The van der Waals surface area contributed by atoms with Gasteiger partial charge in [-0.15, -0.1) is 0 Å². The molecule has 0 amide bonds. The van der Waals surface area contributed by atoms with Crippen LogP contribution in [0.25, 0.3) is 0 Å². The minimum Gasteiger partial charge on any atom is -0.490 e. The van der Waals surface area contributed by atoms with E-state index in [0.717, 1.165) is 18.8 Å². The van der Waals surface area contributed by atoms with Crippen LogP contribution in [0.5, 0.6) is 5.75 Å². The van der Waals surface area contributed by atoms with Crippen LogP contribution in [0.1, 0.15) is 20.8 Å². The van der Waals surface area contributed by atoms with Crippen molar-refractivity contribution < 1.29 is 9.66 Å². The van der Waals surface area contributed by atoms with Gasteiger partial charge < -0.3 is 15.4 Å². The molecule has 6 heteroatoms. The zero-order valence-corrected chi connectivity index (χ0v) is 12.5. The summed E-state index contributed by atoms with van der Waals surface area (Å²) >= 11 is 0. The Morgan fingerprint density at radius 3 is 2.55 bits per heavy atom. The molecular weight excluding hydrogens is 258 g/mol. The maximum atomic E-state index is 10.9. The van der Waals surface area contributed by atoms with Gasteiger partial charge in [-0.1, -0.05) is 13.8 Å². The Balaban J connectivity index is 3.08. The molecule has 6 nitrogen and oxygen atoms in total. The smallest absolute Gasteiger partial charge is 0.311 e. The van der Waals surface area contributed by atoms with Gasteiger partial charge in [-0.3, -0.25) is 10.1 Å². The van der Waals surface area contributed by atoms with E-state index in [0.29, 0.717) is 6.54 Å². The van der Waals surface area contributed by atoms with Crippen LogP contribution >= 0.6 is 0 Å². The first-order chi connectivity index (χ1) is 9.34. The lowest BCUT2D eigenvalue weighted by atomic mass is 9.93. The second-order valence-electron chi connectivity index (χ2n) is 5.50. The van der Waals surface area contributed by atoms with Crippen LogP contribution in [0.15, 0.2) is 18.2 Å². The lowest BCUT2D eigenvalue weighted by Crippen LogP contribution is -2.38. The predicted molar refractivity (Wildman–Crippen MR) is 80.4 cm³/mol. The summed E-state index contributed by atoms with van der Waals surface area (Å²) in [6, 6.07) is 4.93. The number of hydrogen-bond donors (Lipinski definition) is 1. The molecule has 0 saturated carbocycles. The van der Waals surface area contributed by atoms with Gasteiger partial charge in [0, 0.05) is 30.9 Å². The summed E-state index contributed by atoms with van der Waals surface area (Å²) in [5.74, 6) is 0.275. The standard InChI is InChI=1S/C14H23N3O3/c1-5-16(10-14(2,3)9-15)11-6-7-12(17(18)19)13(8-11)20-4/h6-8H,5,9-10,15H2,1-4H3. The molecule has 0 unspecified atom stereocenters. The summed E-state index contributed by atoms with van der Waals surface area (Å²) in [4.78, 5) is 12.6. The number of anilines is 1. The van der Waals surface area contributed by atoms with Gasteiger partial charge in [0.25, 0.3) is 0 Å². The lowest BCUT2D eigenvalue weighted by Gasteiger charge is -2.32. The fourth-order valence-corrected chi connectivity index (χ4v) is 1.98. The number of benzene rings is 1. The Bertz CT molecular complexity index is 475. The number of nitrogens with two attached hydrogens (primary N) is 1. The molecule has 1 aromatic rings. The van der Waals surface area contributed by atoms with Crippen molar-refractivity contribution in [2.75, 3.05) is 31.6 Å². The highest BCUT2D eigenvalue weighted by atomic mass is 16.6. The van der Waals surface area contributed by atoms with Crippen molar-refractivity contribution in [3.63, 3.8) is 0 Å². The molecule has 2 N–H and O–H groups in total. The predicted octanol–water partition coefficient (Wildman–Crippen LogP) is 2.41. The van der Waals surface area contributed by atoms with E-state index in [2.05, 4.69) is 18.7 Å². The van der Waals surface area contributed by atoms with Crippen LogP contribution < -0.4 is 15.4 Å². The van der Waals surface area contributed by atoms with Gasteiger partial charge in [0.15, 0.2) is 5.75 Å². The Labute approximate surface area is 119 Å². The number of rotatable bonds is 7. The largest absolute Gasteiger partial charge is 0.490 e. The molecule has 1 aromatic carbocycles. The van der Waals surface area contributed by atoms with Gasteiger partial charge in [-0.05, 0) is 24.9 Å². The van der Waals surface area contributed by atoms with Crippen molar-refractivity contribution in [2.45, 2.75) is 20.8 Å². The molecule has 0 heterocycles. The first kappa shape index (κ1) is 16.2. The first-order valence-corrected chi connectivity index (χ1v) is 6.62. The fourth-order valence-electron chi connectivity index (χ4n) is 1.98. The molecule has 0 aliphatic carbocycles. The van der Waals surface area contributed by atoms with Crippen molar-refractivity contribution in [2.24, 2.45) is 11.1 Å². The molecule has 20 heavy (non-hydrogen) atoms. The van der Waals surface area contributed by atoms with Crippen molar-refractivity contribution in [3.05, 3.63) is 28.3 Å². The quantitative estimate of drug-likeness (QED) is 0.613. The molecule has 0 bridgehead atoms. The molecule has 1 rings (SSSR count). The third kappa shape index (κ3) is 3.84. The van der Waals surface area contributed by atoms with Gasteiger partial charge in [0.2, 0.25) is 0 Å². The number of ether oxygens (including phenoxy) is 1. The average Bonchev–Trinajstić information content (AvgIpc) is 2.43. The first-order valence-electron chi connectivity index (χ1n) is 6.62. The van der Waals surface area contributed by atoms with Crippen LogP contribution in [0.4, 0.5) is 11.4 Å². The van der Waals surface area contributed by atoms with E-state index in [4.69, 9.17) is 10.5 Å². The van der Waals surface area contributed by atoms with E-state index >= 15 is 0 Å². The fraction of sp³-hybridized carbons (Fsp3) is 0.571.